The molecule has 0 saturated heterocycles. The maximum absolute atomic E-state index is 5.63. The van der Waals surface area contributed by atoms with Gasteiger partial charge in [-0.3, -0.25) is 0 Å². The van der Waals surface area contributed by atoms with Crippen LogP contribution in [-0.4, -0.2) is 4.98 Å². The zero-order valence-electron chi connectivity index (χ0n) is 9.15. The summed E-state index contributed by atoms with van der Waals surface area (Å²) < 4.78 is 6.90. The molecule has 3 rings (SSSR count). The summed E-state index contributed by atoms with van der Waals surface area (Å²) in [4.78, 5) is 5.51. The summed E-state index contributed by atoms with van der Waals surface area (Å²) in [6.07, 6.45) is 0. The van der Waals surface area contributed by atoms with Crippen molar-refractivity contribution in [3.05, 3.63) is 41.8 Å². The Kier molecular flexibility index (Phi) is 2.07. The summed E-state index contributed by atoms with van der Waals surface area (Å²) in [7, 11) is 0. The van der Waals surface area contributed by atoms with Crippen LogP contribution in [0.25, 0.3) is 20.9 Å². The van der Waals surface area contributed by atoms with Crippen LogP contribution in [0.2, 0.25) is 0 Å². The Morgan fingerprint density at radius 1 is 1.19 bits per heavy atom. The summed E-state index contributed by atoms with van der Waals surface area (Å²) in [5, 5.41) is 1.25. The number of oxazole rings is 1. The first-order valence-corrected chi connectivity index (χ1v) is 5.98. The lowest BCUT2D eigenvalue weighted by Crippen LogP contribution is -1.72. The molecule has 3 heteroatoms. The third-order valence-electron chi connectivity index (χ3n) is 2.66. The van der Waals surface area contributed by atoms with Gasteiger partial charge in [-0.25, -0.2) is 4.98 Å². The fourth-order valence-electron chi connectivity index (χ4n) is 1.67. The van der Waals surface area contributed by atoms with Crippen LogP contribution in [0.1, 0.15) is 11.5 Å². The van der Waals surface area contributed by atoms with Gasteiger partial charge in [0.25, 0.3) is 0 Å². The normalized spacial score (nSPS) is 11.1. The highest BCUT2D eigenvalue weighted by molar-refractivity contribution is 7.22. The van der Waals surface area contributed by atoms with E-state index in [0.717, 1.165) is 22.2 Å². The van der Waals surface area contributed by atoms with Crippen LogP contribution < -0.4 is 0 Å². The van der Waals surface area contributed by atoms with Gasteiger partial charge in [0.2, 0.25) is 5.89 Å². The Bertz CT molecular complexity index is 598. The summed E-state index contributed by atoms with van der Waals surface area (Å²) in [5.74, 6) is 1.63. The highest BCUT2D eigenvalue weighted by atomic mass is 32.1. The SMILES string of the molecule is Cc1nc(-c2cc3ccccc3s2)oc1C. The molecule has 0 aliphatic carbocycles. The van der Waals surface area contributed by atoms with Crippen molar-refractivity contribution in [2.75, 3.05) is 0 Å². The minimum absolute atomic E-state index is 0.733. The zero-order chi connectivity index (χ0) is 11.1. The Labute approximate surface area is 97.6 Å². The van der Waals surface area contributed by atoms with Crippen LogP contribution in [0, 0.1) is 13.8 Å². The van der Waals surface area contributed by atoms with Gasteiger partial charge in [-0.2, -0.15) is 0 Å². The number of nitrogens with zero attached hydrogens (tertiary/aromatic N) is 1. The monoisotopic (exact) mass is 229 g/mol. The van der Waals surface area contributed by atoms with E-state index >= 15 is 0 Å². The van der Waals surface area contributed by atoms with Crippen molar-refractivity contribution in [1.29, 1.82) is 0 Å². The Morgan fingerprint density at radius 2 is 2.00 bits per heavy atom. The number of aromatic nitrogens is 1. The van der Waals surface area contributed by atoms with E-state index in [1.165, 1.54) is 10.1 Å². The highest BCUT2D eigenvalue weighted by Gasteiger charge is 2.10. The van der Waals surface area contributed by atoms with Gasteiger partial charge in [-0.15, -0.1) is 11.3 Å². The molecule has 0 aliphatic rings. The van der Waals surface area contributed by atoms with Crippen LogP contribution in [-0.2, 0) is 0 Å². The number of hydrogen-bond donors (Lipinski definition) is 0. The van der Waals surface area contributed by atoms with Crippen molar-refractivity contribution in [2.45, 2.75) is 13.8 Å². The fourth-order valence-corrected chi connectivity index (χ4v) is 2.65. The molecule has 2 nitrogen and oxygen atoms in total. The smallest absolute Gasteiger partial charge is 0.236 e. The van der Waals surface area contributed by atoms with Crippen LogP contribution in [0.3, 0.4) is 0 Å². The van der Waals surface area contributed by atoms with E-state index in [1.54, 1.807) is 11.3 Å². The zero-order valence-corrected chi connectivity index (χ0v) is 9.97. The molecule has 0 N–H and O–H groups in total. The molecule has 0 unspecified atom stereocenters. The molecule has 80 valence electrons. The second-order valence-electron chi connectivity index (χ2n) is 3.81. The van der Waals surface area contributed by atoms with E-state index < -0.39 is 0 Å². The van der Waals surface area contributed by atoms with E-state index in [2.05, 4.69) is 29.2 Å². The highest BCUT2D eigenvalue weighted by Crippen LogP contribution is 2.33. The maximum atomic E-state index is 5.63. The molecule has 3 aromatic rings. The van der Waals surface area contributed by atoms with Crippen molar-refractivity contribution in [3.8, 4) is 10.8 Å². The Balaban J connectivity index is 2.18. The van der Waals surface area contributed by atoms with Gasteiger partial charge in [-0.1, -0.05) is 18.2 Å². The lowest BCUT2D eigenvalue weighted by molar-refractivity contribution is 0.542. The van der Waals surface area contributed by atoms with Crippen molar-refractivity contribution < 1.29 is 4.42 Å². The number of hydrogen-bond acceptors (Lipinski definition) is 3. The van der Waals surface area contributed by atoms with Gasteiger partial charge in [0.15, 0.2) is 0 Å². The number of aryl methyl sites for hydroxylation is 2. The molecular weight excluding hydrogens is 218 g/mol. The Hall–Kier alpha value is -1.61. The van der Waals surface area contributed by atoms with E-state index in [9.17, 15) is 0 Å². The number of fused-ring (bicyclic) bond motifs is 1. The van der Waals surface area contributed by atoms with Crippen LogP contribution in [0.4, 0.5) is 0 Å². The molecule has 2 heterocycles. The standard InChI is InChI=1S/C13H11NOS/c1-8-9(2)15-13(14-8)12-7-10-5-3-4-6-11(10)16-12/h3-7H,1-2H3. The predicted molar refractivity (Wildman–Crippen MR) is 66.8 cm³/mol. The summed E-state index contributed by atoms with van der Waals surface area (Å²) >= 11 is 1.72. The molecule has 0 atom stereocenters. The van der Waals surface area contributed by atoms with Crippen LogP contribution in [0.5, 0.6) is 0 Å². The molecule has 0 fully saturated rings. The maximum Gasteiger partial charge on any atom is 0.236 e. The Morgan fingerprint density at radius 3 is 2.69 bits per heavy atom. The minimum Gasteiger partial charge on any atom is -0.440 e. The molecule has 2 aromatic heterocycles. The molecule has 0 saturated carbocycles. The van der Waals surface area contributed by atoms with Crippen molar-refractivity contribution in [1.82, 2.24) is 4.98 Å². The first kappa shape index (κ1) is 9.60. The lowest BCUT2D eigenvalue weighted by Gasteiger charge is -1.85. The van der Waals surface area contributed by atoms with Crippen molar-refractivity contribution >= 4 is 21.4 Å². The largest absolute Gasteiger partial charge is 0.440 e. The average Bonchev–Trinajstić information content (AvgIpc) is 2.83. The lowest BCUT2D eigenvalue weighted by atomic mass is 10.2. The second-order valence-corrected chi connectivity index (χ2v) is 4.89. The number of benzene rings is 1. The van der Waals surface area contributed by atoms with E-state index in [-0.39, 0.29) is 0 Å². The average molecular weight is 229 g/mol. The van der Waals surface area contributed by atoms with Gasteiger partial charge in [0.1, 0.15) is 5.76 Å². The van der Waals surface area contributed by atoms with Crippen LogP contribution >= 0.6 is 11.3 Å². The van der Waals surface area contributed by atoms with E-state index in [1.807, 2.05) is 19.9 Å². The second kappa shape index (κ2) is 3.46. The summed E-state index contributed by atoms with van der Waals surface area (Å²) in [5.41, 5.74) is 0.965. The van der Waals surface area contributed by atoms with Gasteiger partial charge in [0, 0.05) is 4.70 Å². The summed E-state index contributed by atoms with van der Waals surface area (Å²) in [6, 6.07) is 10.5. The summed E-state index contributed by atoms with van der Waals surface area (Å²) in [6.45, 7) is 3.91. The molecule has 0 aliphatic heterocycles. The van der Waals surface area contributed by atoms with Crippen molar-refractivity contribution in [2.24, 2.45) is 0 Å². The third kappa shape index (κ3) is 1.44. The molecule has 1 aromatic carbocycles. The van der Waals surface area contributed by atoms with E-state index in [4.69, 9.17) is 4.42 Å². The molecular formula is C13H11NOS. The molecule has 0 amide bonds. The molecule has 0 spiro atoms. The topological polar surface area (TPSA) is 26.0 Å². The fraction of sp³-hybridized carbons (Fsp3) is 0.154. The van der Waals surface area contributed by atoms with E-state index in [0.29, 0.717) is 0 Å². The predicted octanol–water partition coefficient (Wildman–Crippen LogP) is 4.17. The van der Waals surface area contributed by atoms with Gasteiger partial charge in [-0.05, 0) is 31.4 Å². The van der Waals surface area contributed by atoms with Gasteiger partial charge >= 0.3 is 0 Å². The quantitative estimate of drug-likeness (QED) is 0.625. The molecule has 0 radical (unpaired) electrons. The minimum atomic E-state index is 0.733. The molecule has 16 heavy (non-hydrogen) atoms. The van der Waals surface area contributed by atoms with Gasteiger partial charge < -0.3 is 4.42 Å². The van der Waals surface area contributed by atoms with Crippen molar-refractivity contribution in [3.63, 3.8) is 0 Å². The van der Waals surface area contributed by atoms with Gasteiger partial charge in [0.05, 0.1) is 10.6 Å². The number of rotatable bonds is 1. The third-order valence-corrected chi connectivity index (χ3v) is 3.77. The van der Waals surface area contributed by atoms with Crippen LogP contribution in [0.15, 0.2) is 34.7 Å². The number of thiophene rings is 1. The first-order chi connectivity index (χ1) is 7.74. The molecule has 0 bridgehead atoms. The first-order valence-electron chi connectivity index (χ1n) is 5.17.